The Bertz CT molecular complexity index is 889. The summed E-state index contributed by atoms with van der Waals surface area (Å²) >= 11 is 1.15. The molecule has 0 atom stereocenters. The Morgan fingerprint density at radius 2 is 1.85 bits per heavy atom. The third-order valence-electron chi connectivity index (χ3n) is 3.40. The Labute approximate surface area is 159 Å². The number of nitrogens with one attached hydrogen (secondary N) is 1. The van der Waals surface area contributed by atoms with Gasteiger partial charge in [0.25, 0.3) is 0 Å². The zero-order chi connectivity index (χ0) is 20.2. The number of alkyl halides is 3. The second-order valence-corrected chi connectivity index (χ2v) is 9.72. The van der Waals surface area contributed by atoms with E-state index in [-0.39, 0.29) is 16.8 Å². The van der Waals surface area contributed by atoms with Gasteiger partial charge in [-0.15, -0.1) is 11.3 Å². The van der Waals surface area contributed by atoms with Crippen molar-refractivity contribution in [3.8, 4) is 0 Å². The second-order valence-electron chi connectivity index (χ2n) is 6.50. The molecule has 0 bridgehead atoms. The molecule has 27 heavy (non-hydrogen) atoms. The highest BCUT2D eigenvalue weighted by atomic mass is 32.2. The van der Waals surface area contributed by atoms with Crippen molar-refractivity contribution in [3.05, 3.63) is 46.5 Å². The highest BCUT2D eigenvalue weighted by molar-refractivity contribution is 7.92. The number of carbonyl (C=O) groups is 1. The zero-order valence-electron chi connectivity index (χ0n) is 14.7. The number of hydrogen-bond donors (Lipinski definition) is 1. The van der Waals surface area contributed by atoms with Crippen LogP contribution in [0.5, 0.6) is 0 Å². The van der Waals surface area contributed by atoms with Gasteiger partial charge in [0.2, 0.25) is 5.91 Å². The first-order chi connectivity index (χ1) is 12.4. The van der Waals surface area contributed by atoms with Crippen LogP contribution in [0, 0.1) is 5.92 Å². The number of halogens is 3. The van der Waals surface area contributed by atoms with Crippen LogP contribution in [0.4, 0.5) is 18.3 Å². The van der Waals surface area contributed by atoms with E-state index in [1.165, 1.54) is 18.3 Å². The van der Waals surface area contributed by atoms with Crippen molar-refractivity contribution in [2.75, 3.05) is 16.8 Å². The molecule has 2 aromatic rings. The summed E-state index contributed by atoms with van der Waals surface area (Å²) in [5, 5.41) is 2.70. The molecule has 0 radical (unpaired) electrons. The van der Waals surface area contributed by atoms with Crippen molar-refractivity contribution < 1.29 is 26.4 Å². The first kappa shape index (κ1) is 21.4. The van der Waals surface area contributed by atoms with Crippen molar-refractivity contribution in [1.82, 2.24) is 4.98 Å². The SMILES string of the molecule is CC(C)CS(=O)(=O)CC(=O)Nc1ncc(Cc2ccc(C(F)(F)F)cc2)s1. The van der Waals surface area contributed by atoms with Crippen LogP contribution < -0.4 is 5.32 Å². The number of rotatable bonds is 7. The number of hydrogen-bond acceptors (Lipinski definition) is 5. The zero-order valence-corrected chi connectivity index (χ0v) is 16.3. The summed E-state index contributed by atoms with van der Waals surface area (Å²) in [6.45, 7) is 3.51. The molecule has 0 aliphatic rings. The van der Waals surface area contributed by atoms with Crippen LogP contribution >= 0.6 is 11.3 Å². The largest absolute Gasteiger partial charge is 0.416 e. The van der Waals surface area contributed by atoms with Gasteiger partial charge in [-0.1, -0.05) is 26.0 Å². The van der Waals surface area contributed by atoms with E-state index in [4.69, 9.17) is 0 Å². The monoisotopic (exact) mass is 420 g/mol. The summed E-state index contributed by atoms with van der Waals surface area (Å²) in [6, 6.07) is 4.80. The minimum absolute atomic E-state index is 0.0713. The van der Waals surface area contributed by atoms with Crippen LogP contribution in [0.2, 0.25) is 0 Å². The van der Waals surface area contributed by atoms with Crippen LogP contribution in [-0.4, -0.2) is 30.8 Å². The Hall–Kier alpha value is -1.94. The topological polar surface area (TPSA) is 76.1 Å². The lowest BCUT2D eigenvalue weighted by molar-refractivity contribution is -0.137. The molecule has 0 unspecified atom stereocenters. The average molecular weight is 420 g/mol. The van der Waals surface area contributed by atoms with Gasteiger partial charge in [-0.25, -0.2) is 13.4 Å². The lowest BCUT2D eigenvalue weighted by Gasteiger charge is -2.07. The smallest absolute Gasteiger partial charge is 0.301 e. The normalized spacial score (nSPS) is 12.4. The molecule has 10 heteroatoms. The van der Waals surface area contributed by atoms with Crippen molar-refractivity contribution in [3.63, 3.8) is 0 Å². The molecular weight excluding hydrogens is 401 g/mol. The predicted molar refractivity (Wildman–Crippen MR) is 98.5 cm³/mol. The fourth-order valence-electron chi connectivity index (χ4n) is 2.38. The molecule has 0 fully saturated rings. The maximum Gasteiger partial charge on any atom is 0.416 e. The van der Waals surface area contributed by atoms with Crippen molar-refractivity contribution in [2.24, 2.45) is 5.92 Å². The van der Waals surface area contributed by atoms with Crippen molar-refractivity contribution in [1.29, 1.82) is 0 Å². The number of anilines is 1. The van der Waals surface area contributed by atoms with Crippen LogP contribution in [-0.2, 0) is 27.2 Å². The van der Waals surface area contributed by atoms with Crippen molar-refractivity contribution in [2.45, 2.75) is 26.4 Å². The van der Waals surface area contributed by atoms with Gasteiger partial charge in [0.05, 0.1) is 11.3 Å². The standard InChI is InChI=1S/C17H19F3N2O3S2/c1-11(2)9-27(24,25)10-15(23)22-16-21-8-14(26-16)7-12-3-5-13(6-4-12)17(18,19)20/h3-6,8,11H,7,9-10H2,1-2H3,(H,21,22,23). The number of thiazole rings is 1. The van der Waals surface area contributed by atoms with Gasteiger partial charge >= 0.3 is 6.18 Å². The molecule has 1 amide bonds. The Morgan fingerprint density at radius 3 is 2.41 bits per heavy atom. The number of aromatic nitrogens is 1. The van der Waals surface area contributed by atoms with Gasteiger partial charge in [-0.05, 0) is 23.6 Å². The number of carbonyl (C=O) groups excluding carboxylic acids is 1. The minimum Gasteiger partial charge on any atom is -0.301 e. The van der Waals surface area contributed by atoms with Gasteiger partial charge in [0.15, 0.2) is 15.0 Å². The van der Waals surface area contributed by atoms with E-state index >= 15 is 0 Å². The summed E-state index contributed by atoms with van der Waals surface area (Å²) in [5.41, 5.74) is -0.0462. The lowest BCUT2D eigenvalue weighted by atomic mass is 10.1. The molecule has 0 aliphatic heterocycles. The summed E-state index contributed by atoms with van der Waals surface area (Å²) in [4.78, 5) is 16.6. The van der Waals surface area contributed by atoms with E-state index in [1.807, 2.05) is 0 Å². The van der Waals surface area contributed by atoms with Gasteiger partial charge in [-0.3, -0.25) is 4.79 Å². The molecule has 1 aromatic carbocycles. The average Bonchev–Trinajstić information content (AvgIpc) is 2.91. The van der Waals surface area contributed by atoms with Crippen LogP contribution in [0.15, 0.2) is 30.5 Å². The van der Waals surface area contributed by atoms with E-state index in [0.717, 1.165) is 28.3 Å². The number of nitrogens with zero attached hydrogens (tertiary/aromatic N) is 1. The predicted octanol–water partition coefficient (Wildman–Crippen LogP) is 3.76. The maximum atomic E-state index is 12.6. The second kappa shape index (κ2) is 8.39. The molecule has 0 saturated heterocycles. The number of benzene rings is 1. The van der Waals surface area contributed by atoms with Gasteiger partial charge in [0.1, 0.15) is 5.75 Å². The first-order valence-electron chi connectivity index (χ1n) is 8.06. The fourth-order valence-corrected chi connectivity index (χ4v) is 4.85. The Morgan fingerprint density at radius 1 is 1.22 bits per heavy atom. The lowest BCUT2D eigenvalue weighted by Crippen LogP contribution is -2.26. The van der Waals surface area contributed by atoms with Gasteiger partial charge in [0, 0.05) is 17.5 Å². The molecule has 1 heterocycles. The molecule has 1 aromatic heterocycles. The van der Waals surface area contributed by atoms with Gasteiger partial charge in [-0.2, -0.15) is 13.2 Å². The van der Waals surface area contributed by atoms with E-state index in [2.05, 4.69) is 10.3 Å². The third kappa shape index (κ3) is 6.94. The van der Waals surface area contributed by atoms with E-state index in [9.17, 15) is 26.4 Å². The Kier molecular flexibility index (Phi) is 6.63. The summed E-state index contributed by atoms with van der Waals surface area (Å²) in [7, 11) is -3.49. The number of amides is 1. The van der Waals surface area contributed by atoms with E-state index in [1.54, 1.807) is 13.8 Å². The molecular formula is C17H19F3N2O3S2. The van der Waals surface area contributed by atoms with Crippen molar-refractivity contribution >= 4 is 32.2 Å². The summed E-state index contributed by atoms with van der Waals surface area (Å²) in [5.74, 6) is -1.42. The first-order valence-corrected chi connectivity index (χ1v) is 10.7. The maximum absolute atomic E-state index is 12.6. The quantitative estimate of drug-likeness (QED) is 0.740. The molecule has 0 aliphatic carbocycles. The minimum atomic E-state index is -4.38. The molecule has 5 nitrogen and oxygen atoms in total. The highest BCUT2D eigenvalue weighted by Crippen LogP contribution is 2.29. The number of sulfone groups is 1. The van der Waals surface area contributed by atoms with E-state index < -0.39 is 33.2 Å². The summed E-state index contributed by atoms with van der Waals surface area (Å²) in [6.07, 6.45) is -2.52. The molecule has 1 N–H and O–H groups in total. The summed E-state index contributed by atoms with van der Waals surface area (Å²) < 4.78 is 61.4. The highest BCUT2D eigenvalue weighted by Gasteiger charge is 2.29. The Balaban J connectivity index is 1.95. The van der Waals surface area contributed by atoms with E-state index in [0.29, 0.717) is 12.0 Å². The molecule has 0 spiro atoms. The molecule has 148 valence electrons. The molecule has 2 rings (SSSR count). The fraction of sp³-hybridized carbons (Fsp3) is 0.412. The van der Waals surface area contributed by atoms with Crippen LogP contribution in [0.25, 0.3) is 0 Å². The molecule has 0 saturated carbocycles. The van der Waals surface area contributed by atoms with Gasteiger partial charge < -0.3 is 5.32 Å². The third-order valence-corrected chi connectivity index (χ3v) is 6.19. The van der Waals surface area contributed by atoms with Crippen LogP contribution in [0.1, 0.15) is 29.9 Å². The van der Waals surface area contributed by atoms with Crippen LogP contribution in [0.3, 0.4) is 0 Å².